The van der Waals surface area contributed by atoms with Gasteiger partial charge in [-0.2, -0.15) is 0 Å². The molecule has 0 atom stereocenters. The van der Waals surface area contributed by atoms with Gasteiger partial charge in [0.1, 0.15) is 11.5 Å². The summed E-state index contributed by atoms with van der Waals surface area (Å²) in [5.74, 6) is 1.57. The van der Waals surface area contributed by atoms with Crippen LogP contribution in [-0.4, -0.2) is 17.4 Å². The summed E-state index contributed by atoms with van der Waals surface area (Å²) in [4.78, 5) is 0. The quantitative estimate of drug-likeness (QED) is 0.136. The highest BCUT2D eigenvalue weighted by Gasteiger charge is 2.30. The lowest BCUT2D eigenvalue weighted by atomic mass is 9.92. The van der Waals surface area contributed by atoms with Crippen molar-refractivity contribution in [1.82, 2.24) is 17.4 Å². The van der Waals surface area contributed by atoms with Crippen molar-refractivity contribution in [2.75, 3.05) is 0 Å². The summed E-state index contributed by atoms with van der Waals surface area (Å²) in [5.41, 5.74) is 11.3. The van der Waals surface area contributed by atoms with E-state index in [9.17, 15) is 0 Å². The Kier molecular flexibility index (Phi) is 9.23. The van der Waals surface area contributed by atoms with Crippen LogP contribution >= 0.6 is 16.9 Å². The van der Waals surface area contributed by atoms with Crippen LogP contribution in [-0.2, 0) is 0 Å². The number of aryl methyl sites for hydroxylation is 4. The fourth-order valence-corrected chi connectivity index (χ4v) is 13.6. The van der Waals surface area contributed by atoms with Crippen LogP contribution in [0, 0.1) is 27.7 Å². The Bertz CT molecular complexity index is 3370. The molecule has 4 aromatic heterocycles. The molecule has 0 saturated carbocycles. The molecule has 8 heteroatoms. The van der Waals surface area contributed by atoms with Crippen molar-refractivity contribution in [3.05, 3.63) is 217 Å². The monoisotopic (exact) mass is 866 g/mol. The Morgan fingerprint density at radius 3 is 0.875 bits per heavy atom. The van der Waals surface area contributed by atoms with Gasteiger partial charge in [0, 0.05) is 57.5 Å². The van der Waals surface area contributed by atoms with E-state index in [1.165, 1.54) is 43.8 Å². The lowest BCUT2D eigenvalue weighted by Gasteiger charge is -2.27. The fraction of sp³-hybridized carbons (Fsp3) is 0.0714. The number of fused-ring (bicyclic) bond motifs is 6. The van der Waals surface area contributed by atoms with E-state index < -0.39 is 16.9 Å². The van der Waals surface area contributed by atoms with E-state index in [4.69, 9.17) is 9.05 Å². The Morgan fingerprint density at radius 2 is 0.562 bits per heavy atom. The largest absolute Gasteiger partial charge is 0.435 e. The fourth-order valence-electron chi connectivity index (χ4n) is 9.61. The third kappa shape index (κ3) is 6.16. The minimum atomic E-state index is -1.53. The maximum Gasteiger partial charge on any atom is 0.318 e. The van der Waals surface area contributed by atoms with Gasteiger partial charge in [-0.1, -0.05) is 133 Å². The van der Waals surface area contributed by atoms with Crippen LogP contribution in [0.4, 0.5) is 0 Å². The Morgan fingerprint density at radius 1 is 0.297 bits per heavy atom. The zero-order valence-corrected chi connectivity index (χ0v) is 37.8. The first kappa shape index (κ1) is 38.6. The van der Waals surface area contributed by atoms with Crippen molar-refractivity contribution in [3.63, 3.8) is 0 Å². The summed E-state index contributed by atoms with van der Waals surface area (Å²) >= 11 is 0. The average molecular weight is 867 g/mol. The van der Waals surface area contributed by atoms with E-state index in [0.717, 1.165) is 66.2 Å². The molecule has 8 aromatic carbocycles. The molecule has 0 saturated heterocycles. The molecule has 64 heavy (non-hydrogen) atoms. The summed E-state index contributed by atoms with van der Waals surface area (Å²) in [6.45, 7) is 8.76. The van der Waals surface area contributed by atoms with Gasteiger partial charge in [-0.15, -0.1) is 0 Å². The molecule has 0 fully saturated rings. The van der Waals surface area contributed by atoms with Crippen molar-refractivity contribution in [3.8, 4) is 22.6 Å². The first-order chi connectivity index (χ1) is 31.4. The highest BCUT2D eigenvalue weighted by molar-refractivity contribution is 7.50. The second-order valence-electron chi connectivity index (χ2n) is 16.7. The van der Waals surface area contributed by atoms with Gasteiger partial charge in [0.15, 0.2) is 0 Å². The summed E-state index contributed by atoms with van der Waals surface area (Å²) in [7, 11) is -3.07. The van der Waals surface area contributed by atoms with Crippen LogP contribution in [0.2, 0.25) is 0 Å². The zero-order valence-electron chi connectivity index (χ0n) is 36.0. The van der Waals surface area contributed by atoms with Crippen LogP contribution < -0.4 is 9.05 Å². The van der Waals surface area contributed by atoms with Gasteiger partial charge in [0.05, 0.1) is 22.1 Å². The lowest BCUT2D eigenvalue weighted by Crippen LogP contribution is -2.08. The number of benzene rings is 8. The maximum atomic E-state index is 7.75. The van der Waals surface area contributed by atoms with E-state index in [2.05, 4.69) is 240 Å². The second kappa shape index (κ2) is 15.3. The van der Waals surface area contributed by atoms with Gasteiger partial charge in [-0.25, -0.2) is 0 Å². The highest BCUT2D eigenvalue weighted by Crippen LogP contribution is 2.56. The Hall–Kier alpha value is -7.10. The molecule has 0 spiro atoms. The molecule has 12 rings (SSSR count). The molecule has 0 bridgehead atoms. The second-order valence-corrected chi connectivity index (χ2v) is 19.8. The van der Waals surface area contributed by atoms with Crippen LogP contribution in [0.15, 0.2) is 195 Å². The molecule has 0 aliphatic rings. The third-order valence-corrected chi connectivity index (χ3v) is 16.2. The standard InChI is InChI=1S/C56H44N4O2P2/c1-37-33-57(49-25-13-9-19-43(37)49)63(58-34-38(2)44-20-10-14-26-50(44)58)61-53-31-29-41-17-5-7-23-47(41)55(53)56-48-24-8-6-18-42(48)30-32-54(56)62-64(59-35-39(3)45-21-11-15-27-51(45)59)60-36-40(4)46-22-12-16-28-52(46)60/h5-36H,1-4H3. The van der Waals surface area contributed by atoms with Gasteiger partial charge in [-0.05, 0) is 108 Å². The molecule has 0 aliphatic carbocycles. The summed E-state index contributed by atoms with van der Waals surface area (Å²) in [6, 6.07) is 60.7. The van der Waals surface area contributed by atoms with Gasteiger partial charge >= 0.3 is 16.9 Å². The number of rotatable bonds is 9. The van der Waals surface area contributed by atoms with Crippen molar-refractivity contribution >= 4 is 82.1 Å². The average Bonchev–Trinajstić information content (AvgIpc) is 4.07. The van der Waals surface area contributed by atoms with Gasteiger partial charge in [0.25, 0.3) is 0 Å². The molecular formula is C56H44N4O2P2. The van der Waals surface area contributed by atoms with Crippen molar-refractivity contribution in [1.29, 1.82) is 0 Å². The third-order valence-electron chi connectivity index (χ3n) is 12.7. The van der Waals surface area contributed by atoms with Crippen molar-refractivity contribution < 1.29 is 9.05 Å². The van der Waals surface area contributed by atoms with Gasteiger partial charge < -0.3 is 9.05 Å². The smallest absolute Gasteiger partial charge is 0.318 e. The van der Waals surface area contributed by atoms with Crippen LogP contribution in [0.1, 0.15) is 22.3 Å². The molecule has 310 valence electrons. The Labute approximate surface area is 374 Å². The molecule has 12 aromatic rings. The van der Waals surface area contributed by atoms with E-state index in [-0.39, 0.29) is 0 Å². The molecule has 0 unspecified atom stereocenters. The topological polar surface area (TPSA) is 38.2 Å². The maximum absolute atomic E-state index is 7.75. The summed E-state index contributed by atoms with van der Waals surface area (Å²) in [5, 5.41) is 9.28. The van der Waals surface area contributed by atoms with E-state index in [1.807, 2.05) is 0 Å². The van der Waals surface area contributed by atoms with Gasteiger partial charge in [-0.3, -0.25) is 17.4 Å². The van der Waals surface area contributed by atoms with Gasteiger partial charge in [0.2, 0.25) is 0 Å². The molecule has 0 amide bonds. The van der Waals surface area contributed by atoms with E-state index in [1.54, 1.807) is 0 Å². The minimum absolute atomic E-state index is 0.783. The summed E-state index contributed by atoms with van der Waals surface area (Å²) in [6.07, 6.45) is 9.03. The normalized spacial score (nSPS) is 12.0. The Balaban J connectivity index is 1.13. The molecule has 6 nitrogen and oxygen atoms in total. The number of hydrogen-bond acceptors (Lipinski definition) is 2. The number of aromatic nitrogens is 4. The number of nitrogens with zero attached hydrogens (tertiary/aromatic N) is 4. The SMILES string of the molecule is Cc1cn(P(Oc2ccc3ccccc3c2-c2c(OP(n3cc(C)c4ccccc43)n3cc(C)c4ccccc43)ccc3ccccc23)n2cc(C)c3ccccc32)c2ccccc12. The van der Waals surface area contributed by atoms with Crippen LogP contribution in [0.25, 0.3) is 76.3 Å². The van der Waals surface area contributed by atoms with Crippen molar-refractivity contribution in [2.45, 2.75) is 27.7 Å². The molecule has 0 N–H and O–H groups in total. The lowest BCUT2D eigenvalue weighted by molar-refractivity contribution is 0.591. The van der Waals surface area contributed by atoms with Crippen LogP contribution in [0.3, 0.4) is 0 Å². The zero-order chi connectivity index (χ0) is 43.1. The molecular weight excluding hydrogens is 823 g/mol. The van der Waals surface area contributed by atoms with Crippen molar-refractivity contribution in [2.24, 2.45) is 0 Å². The molecule has 0 radical (unpaired) electrons. The first-order valence-corrected chi connectivity index (χ1v) is 24.0. The van der Waals surface area contributed by atoms with E-state index >= 15 is 0 Å². The molecule has 0 aliphatic heterocycles. The number of para-hydroxylation sites is 4. The van der Waals surface area contributed by atoms with E-state index in [0.29, 0.717) is 0 Å². The number of hydrogen-bond donors (Lipinski definition) is 0. The molecule has 4 heterocycles. The predicted octanol–water partition coefficient (Wildman–Crippen LogP) is 16.1. The highest BCUT2D eigenvalue weighted by atomic mass is 31.2. The minimum Gasteiger partial charge on any atom is -0.435 e. The predicted molar refractivity (Wildman–Crippen MR) is 270 cm³/mol. The first-order valence-electron chi connectivity index (χ1n) is 21.7. The summed E-state index contributed by atoms with van der Waals surface area (Å²) < 4.78 is 24.9. The van der Waals surface area contributed by atoms with Crippen LogP contribution in [0.5, 0.6) is 11.5 Å².